The summed E-state index contributed by atoms with van der Waals surface area (Å²) in [5.74, 6) is -0.607. The summed E-state index contributed by atoms with van der Waals surface area (Å²) >= 11 is 0. The molecule has 1 saturated heterocycles. The molecule has 0 aromatic carbocycles. The summed E-state index contributed by atoms with van der Waals surface area (Å²) in [6.07, 6.45) is 16.7. The Morgan fingerprint density at radius 1 is 0.962 bits per heavy atom. The standard InChI is InChI=1S/C22H42O4/c1-4-5-6-7-8-9-10-11-12-13-15-19(23)16-14-17-20(24)21-18-25-22(2,3)26-21/h14,16,19-21,23-24H,4-13,15,17-18H2,1-3H3/b16-14+/t19-,20-,21-/m1/s1. The van der Waals surface area contributed by atoms with Gasteiger partial charge in [0.15, 0.2) is 5.79 Å². The molecule has 4 nitrogen and oxygen atoms in total. The minimum absolute atomic E-state index is 0.284. The zero-order chi connectivity index (χ0) is 19.3. The summed E-state index contributed by atoms with van der Waals surface area (Å²) in [6.45, 7) is 6.38. The largest absolute Gasteiger partial charge is 0.390 e. The van der Waals surface area contributed by atoms with Gasteiger partial charge < -0.3 is 19.7 Å². The first kappa shape index (κ1) is 23.6. The molecule has 1 fully saturated rings. The predicted octanol–water partition coefficient (Wildman–Crippen LogP) is 5.12. The van der Waals surface area contributed by atoms with Gasteiger partial charge in [-0.3, -0.25) is 0 Å². The van der Waals surface area contributed by atoms with E-state index in [0.29, 0.717) is 13.0 Å². The molecule has 0 aromatic heterocycles. The Morgan fingerprint density at radius 2 is 1.54 bits per heavy atom. The molecule has 1 aliphatic heterocycles. The van der Waals surface area contributed by atoms with E-state index >= 15 is 0 Å². The van der Waals surface area contributed by atoms with Gasteiger partial charge in [0.25, 0.3) is 0 Å². The van der Waals surface area contributed by atoms with E-state index < -0.39 is 18.0 Å². The van der Waals surface area contributed by atoms with E-state index in [-0.39, 0.29) is 6.10 Å². The predicted molar refractivity (Wildman–Crippen MR) is 107 cm³/mol. The molecule has 1 heterocycles. The Labute approximate surface area is 161 Å². The van der Waals surface area contributed by atoms with Gasteiger partial charge in [-0.25, -0.2) is 0 Å². The van der Waals surface area contributed by atoms with Gasteiger partial charge in [-0.2, -0.15) is 0 Å². The van der Waals surface area contributed by atoms with Crippen LogP contribution in [0.3, 0.4) is 0 Å². The van der Waals surface area contributed by atoms with Crippen LogP contribution in [0.5, 0.6) is 0 Å². The topological polar surface area (TPSA) is 58.9 Å². The average Bonchev–Trinajstić information content (AvgIpc) is 2.96. The lowest BCUT2D eigenvalue weighted by atomic mass is 10.0. The molecule has 2 N–H and O–H groups in total. The third kappa shape index (κ3) is 11.3. The molecular weight excluding hydrogens is 328 g/mol. The van der Waals surface area contributed by atoms with E-state index in [1.165, 1.54) is 57.8 Å². The lowest BCUT2D eigenvalue weighted by molar-refractivity contribution is -0.150. The maximum Gasteiger partial charge on any atom is 0.163 e. The van der Waals surface area contributed by atoms with Crippen molar-refractivity contribution in [3.05, 3.63) is 12.2 Å². The molecule has 3 atom stereocenters. The van der Waals surface area contributed by atoms with E-state index in [2.05, 4.69) is 6.92 Å². The number of hydrogen-bond acceptors (Lipinski definition) is 4. The fourth-order valence-corrected chi connectivity index (χ4v) is 3.37. The van der Waals surface area contributed by atoms with Gasteiger partial charge in [-0.15, -0.1) is 0 Å². The molecule has 0 bridgehead atoms. The zero-order valence-corrected chi connectivity index (χ0v) is 17.3. The number of rotatable bonds is 15. The molecule has 1 aliphatic rings. The van der Waals surface area contributed by atoms with Crippen molar-refractivity contribution < 1.29 is 19.7 Å². The first-order valence-electron chi connectivity index (χ1n) is 10.8. The van der Waals surface area contributed by atoms with Crippen molar-refractivity contribution in [1.29, 1.82) is 0 Å². The maximum absolute atomic E-state index is 10.1. The van der Waals surface area contributed by atoms with Crippen LogP contribution in [0.1, 0.15) is 97.8 Å². The van der Waals surface area contributed by atoms with Crippen molar-refractivity contribution in [2.24, 2.45) is 0 Å². The lowest BCUT2D eigenvalue weighted by Crippen LogP contribution is -2.30. The Kier molecular flexibility index (Phi) is 12.4. The first-order chi connectivity index (χ1) is 12.4. The quantitative estimate of drug-likeness (QED) is 0.310. The molecule has 0 radical (unpaired) electrons. The van der Waals surface area contributed by atoms with Crippen LogP contribution in [0.4, 0.5) is 0 Å². The van der Waals surface area contributed by atoms with Gasteiger partial charge in [0, 0.05) is 0 Å². The molecule has 0 aliphatic carbocycles. The average molecular weight is 371 g/mol. The van der Waals surface area contributed by atoms with Gasteiger partial charge in [-0.1, -0.05) is 83.3 Å². The highest BCUT2D eigenvalue weighted by Gasteiger charge is 2.36. The van der Waals surface area contributed by atoms with E-state index in [1.54, 1.807) is 6.08 Å². The first-order valence-corrected chi connectivity index (χ1v) is 10.8. The van der Waals surface area contributed by atoms with Crippen LogP contribution in [0.2, 0.25) is 0 Å². The van der Waals surface area contributed by atoms with Gasteiger partial charge in [0.1, 0.15) is 6.10 Å². The highest BCUT2D eigenvalue weighted by atomic mass is 16.7. The minimum atomic E-state index is -0.607. The van der Waals surface area contributed by atoms with Crippen LogP contribution in [0, 0.1) is 0 Å². The number of hydrogen-bond donors (Lipinski definition) is 2. The second-order valence-electron chi connectivity index (χ2n) is 8.14. The molecule has 0 amide bonds. The Balaban J connectivity index is 1.96. The smallest absolute Gasteiger partial charge is 0.163 e. The summed E-state index contributed by atoms with van der Waals surface area (Å²) in [7, 11) is 0. The van der Waals surface area contributed by atoms with Crippen molar-refractivity contribution in [2.75, 3.05) is 6.61 Å². The van der Waals surface area contributed by atoms with Crippen molar-refractivity contribution in [3.8, 4) is 0 Å². The van der Waals surface area contributed by atoms with Crippen LogP contribution >= 0.6 is 0 Å². The fourth-order valence-electron chi connectivity index (χ4n) is 3.37. The van der Waals surface area contributed by atoms with E-state index in [1.807, 2.05) is 19.9 Å². The SMILES string of the molecule is CCCCCCCCCCCC[C@@H](O)/C=C/C[C@@H](O)[C@H]1COC(C)(C)O1. The van der Waals surface area contributed by atoms with Gasteiger partial charge >= 0.3 is 0 Å². The Hall–Kier alpha value is -0.420. The third-order valence-electron chi connectivity index (χ3n) is 5.05. The highest BCUT2D eigenvalue weighted by Crippen LogP contribution is 2.25. The van der Waals surface area contributed by atoms with Gasteiger partial charge in [-0.05, 0) is 26.7 Å². The van der Waals surface area contributed by atoms with Crippen molar-refractivity contribution in [1.82, 2.24) is 0 Å². The van der Waals surface area contributed by atoms with Gasteiger partial charge in [0.05, 0.1) is 18.8 Å². The van der Waals surface area contributed by atoms with Crippen LogP contribution in [0.25, 0.3) is 0 Å². The maximum atomic E-state index is 10.1. The lowest BCUT2D eigenvalue weighted by Gasteiger charge is -2.19. The number of aliphatic hydroxyl groups is 2. The second kappa shape index (κ2) is 13.7. The summed E-state index contributed by atoms with van der Waals surface area (Å²) in [6, 6.07) is 0. The van der Waals surface area contributed by atoms with E-state index in [4.69, 9.17) is 9.47 Å². The highest BCUT2D eigenvalue weighted by molar-refractivity contribution is 4.92. The van der Waals surface area contributed by atoms with E-state index in [0.717, 1.165) is 12.8 Å². The van der Waals surface area contributed by atoms with Crippen molar-refractivity contribution in [2.45, 2.75) is 122 Å². The summed E-state index contributed by atoms with van der Waals surface area (Å²) in [5.41, 5.74) is 0. The molecule has 26 heavy (non-hydrogen) atoms. The molecule has 0 saturated carbocycles. The van der Waals surface area contributed by atoms with Crippen LogP contribution in [-0.4, -0.2) is 40.9 Å². The number of aliphatic hydroxyl groups excluding tert-OH is 2. The van der Waals surface area contributed by atoms with Crippen molar-refractivity contribution in [3.63, 3.8) is 0 Å². The monoisotopic (exact) mass is 370 g/mol. The molecule has 0 spiro atoms. The molecule has 4 heteroatoms. The molecule has 0 aromatic rings. The second-order valence-corrected chi connectivity index (χ2v) is 8.14. The minimum Gasteiger partial charge on any atom is -0.390 e. The van der Waals surface area contributed by atoms with E-state index in [9.17, 15) is 10.2 Å². The van der Waals surface area contributed by atoms with Crippen LogP contribution in [-0.2, 0) is 9.47 Å². The number of ether oxygens (including phenoxy) is 2. The van der Waals surface area contributed by atoms with Crippen LogP contribution in [0.15, 0.2) is 12.2 Å². The zero-order valence-electron chi connectivity index (χ0n) is 17.3. The normalized spacial score (nSPS) is 22.1. The molecule has 154 valence electrons. The summed E-state index contributed by atoms with van der Waals surface area (Å²) < 4.78 is 11.1. The molecule has 0 unspecified atom stereocenters. The summed E-state index contributed by atoms with van der Waals surface area (Å²) in [5, 5.41) is 20.1. The Morgan fingerprint density at radius 3 is 2.08 bits per heavy atom. The fraction of sp³-hybridized carbons (Fsp3) is 0.909. The molecule has 1 rings (SSSR count). The van der Waals surface area contributed by atoms with Gasteiger partial charge in [0.2, 0.25) is 0 Å². The Bertz CT molecular complexity index is 367. The molecular formula is C22H42O4. The van der Waals surface area contributed by atoms with Crippen molar-refractivity contribution >= 4 is 0 Å². The summed E-state index contributed by atoms with van der Waals surface area (Å²) in [4.78, 5) is 0. The number of unbranched alkanes of at least 4 members (excludes halogenated alkanes) is 9. The third-order valence-corrected chi connectivity index (χ3v) is 5.05. The van der Waals surface area contributed by atoms with Crippen LogP contribution < -0.4 is 0 Å².